The Balaban J connectivity index is 2.29. The van der Waals surface area contributed by atoms with Crippen molar-refractivity contribution < 1.29 is 9.84 Å². The van der Waals surface area contributed by atoms with Crippen molar-refractivity contribution in [1.29, 1.82) is 0 Å². The van der Waals surface area contributed by atoms with Crippen LogP contribution in [0.4, 0.5) is 0 Å². The molecule has 2 aromatic rings. The van der Waals surface area contributed by atoms with Gasteiger partial charge in [0.05, 0.1) is 13.2 Å². The molecular weight excluding hydrogens is 384 g/mol. The molecule has 0 radical (unpaired) electrons. The molecule has 0 saturated carbocycles. The quantitative estimate of drug-likeness (QED) is 0.799. The van der Waals surface area contributed by atoms with Gasteiger partial charge in [0.25, 0.3) is 0 Å². The molecule has 0 saturated heterocycles. The summed E-state index contributed by atoms with van der Waals surface area (Å²) in [5, 5.41) is 10.5. The van der Waals surface area contributed by atoms with Crippen LogP contribution in [-0.2, 0) is 6.42 Å². The van der Waals surface area contributed by atoms with Crippen LogP contribution >= 0.6 is 31.9 Å². The third kappa shape index (κ3) is 3.62. The minimum absolute atomic E-state index is 0.505. The average molecular weight is 400 g/mol. The molecule has 20 heavy (non-hydrogen) atoms. The number of rotatable bonds is 4. The van der Waals surface area contributed by atoms with Gasteiger partial charge < -0.3 is 9.84 Å². The number of aliphatic hydroxyl groups excluding tert-OH is 1. The van der Waals surface area contributed by atoms with Gasteiger partial charge in [-0.1, -0.05) is 49.6 Å². The lowest BCUT2D eigenvalue weighted by atomic mass is 9.99. The van der Waals surface area contributed by atoms with E-state index in [9.17, 15) is 5.11 Å². The van der Waals surface area contributed by atoms with E-state index in [2.05, 4.69) is 31.9 Å². The molecule has 0 spiro atoms. The first-order valence-corrected chi connectivity index (χ1v) is 7.86. The largest absolute Gasteiger partial charge is 0.496 e. The van der Waals surface area contributed by atoms with E-state index in [-0.39, 0.29) is 0 Å². The Kier molecular flexibility index (Phi) is 5.24. The van der Waals surface area contributed by atoms with E-state index in [0.29, 0.717) is 6.42 Å². The summed E-state index contributed by atoms with van der Waals surface area (Å²) in [5.74, 6) is 0.788. The highest BCUT2D eigenvalue weighted by molar-refractivity contribution is 9.10. The molecule has 0 aliphatic carbocycles. The molecule has 0 bridgehead atoms. The highest BCUT2D eigenvalue weighted by Crippen LogP contribution is 2.31. The molecule has 1 N–H and O–H groups in total. The first kappa shape index (κ1) is 15.5. The molecule has 2 rings (SSSR count). The topological polar surface area (TPSA) is 29.5 Å². The summed E-state index contributed by atoms with van der Waals surface area (Å²) in [6, 6.07) is 11.8. The molecule has 2 aromatic carbocycles. The number of methoxy groups -OCH3 is 1. The van der Waals surface area contributed by atoms with Crippen LogP contribution in [-0.4, -0.2) is 12.2 Å². The van der Waals surface area contributed by atoms with Crippen molar-refractivity contribution >= 4 is 31.9 Å². The van der Waals surface area contributed by atoms with Gasteiger partial charge in [-0.05, 0) is 42.3 Å². The first-order chi connectivity index (χ1) is 9.51. The highest BCUT2D eigenvalue weighted by atomic mass is 79.9. The van der Waals surface area contributed by atoms with Crippen molar-refractivity contribution in [2.45, 2.75) is 19.4 Å². The standard InChI is InChI=1S/C16H16Br2O2/c1-10-3-5-14(18)13(7-10)15(19)9-11-8-12(17)4-6-16(11)20-2/h3-8,15,19H,9H2,1-2H3. The minimum Gasteiger partial charge on any atom is -0.496 e. The molecule has 2 nitrogen and oxygen atoms in total. The zero-order chi connectivity index (χ0) is 14.7. The Hall–Kier alpha value is -0.840. The fourth-order valence-corrected chi connectivity index (χ4v) is 3.06. The third-order valence-corrected chi connectivity index (χ3v) is 4.38. The Labute approximate surface area is 136 Å². The highest BCUT2D eigenvalue weighted by Gasteiger charge is 2.15. The van der Waals surface area contributed by atoms with Gasteiger partial charge in [-0.15, -0.1) is 0 Å². The normalized spacial score (nSPS) is 12.2. The number of aliphatic hydroxyl groups is 1. The van der Waals surface area contributed by atoms with Crippen LogP contribution in [0, 0.1) is 6.92 Å². The molecule has 0 aromatic heterocycles. The second-order valence-corrected chi connectivity index (χ2v) is 6.47. The molecule has 106 valence electrons. The molecule has 0 heterocycles. The Bertz CT molecular complexity index is 611. The molecule has 0 amide bonds. The predicted octanol–water partition coefficient (Wildman–Crippen LogP) is 4.80. The monoisotopic (exact) mass is 398 g/mol. The van der Waals surface area contributed by atoms with E-state index in [1.807, 2.05) is 43.3 Å². The molecule has 1 unspecified atom stereocenters. The van der Waals surface area contributed by atoms with Crippen molar-refractivity contribution in [3.63, 3.8) is 0 Å². The number of aryl methyl sites for hydroxylation is 1. The van der Waals surface area contributed by atoms with Gasteiger partial charge in [-0.2, -0.15) is 0 Å². The van der Waals surface area contributed by atoms with Crippen LogP contribution in [0.5, 0.6) is 5.75 Å². The molecule has 0 aliphatic rings. The summed E-state index contributed by atoms with van der Waals surface area (Å²) in [6.07, 6.45) is -0.0718. The number of hydrogen-bond donors (Lipinski definition) is 1. The number of halogens is 2. The third-order valence-electron chi connectivity index (χ3n) is 3.17. The number of ether oxygens (including phenoxy) is 1. The van der Waals surface area contributed by atoms with E-state index in [1.165, 1.54) is 0 Å². The molecule has 4 heteroatoms. The van der Waals surface area contributed by atoms with Crippen molar-refractivity contribution in [2.75, 3.05) is 7.11 Å². The van der Waals surface area contributed by atoms with E-state index in [0.717, 1.165) is 31.4 Å². The summed E-state index contributed by atoms with van der Waals surface area (Å²) in [4.78, 5) is 0. The summed E-state index contributed by atoms with van der Waals surface area (Å²) < 4.78 is 7.24. The van der Waals surface area contributed by atoms with Crippen LogP contribution in [0.15, 0.2) is 45.3 Å². The molecule has 0 fully saturated rings. The summed E-state index contributed by atoms with van der Waals surface area (Å²) in [5.41, 5.74) is 3.00. The van der Waals surface area contributed by atoms with Gasteiger partial charge in [-0.25, -0.2) is 0 Å². The maximum atomic E-state index is 10.5. The summed E-state index contributed by atoms with van der Waals surface area (Å²) >= 11 is 6.95. The lowest BCUT2D eigenvalue weighted by Gasteiger charge is -2.16. The summed E-state index contributed by atoms with van der Waals surface area (Å²) in [7, 11) is 1.64. The zero-order valence-electron chi connectivity index (χ0n) is 11.4. The van der Waals surface area contributed by atoms with E-state index in [1.54, 1.807) is 7.11 Å². The smallest absolute Gasteiger partial charge is 0.122 e. The molecular formula is C16H16Br2O2. The summed E-state index contributed by atoms with van der Waals surface area (Å²) in [6.45, 7) is 2.02. The van der Waals surface area contributed by atoms with E-state index >= 15 is 0 Å². The maximum Gasteiger partial charge on any atom is 0.122 e. The SMILES string of the molecule is COc1ccc(Br)cc1CC(O)c1cc(C)ccc1Br. The van der Waals surface area contributed by atoms with Crippen LogP contribution in [0.25, 0.3) is 0 Å². The minimum atomic E-state index is -0.576. The Morgan fingerprint density at radius 2 is 1.90 bits per heavy atom. The first-order valence-electron chi connectivity index (χ1n) is 6.28. The Morgan fingerprint density at radius 3 is 2.60 bits per heavy atom. The van der Waals surface area contributed by atoms with Crippen LogP contribution in [0.1, 0.15) is 22.8 Å². The number of benzene rings is 2. The zero-order valence-corrected chi connectivity index (χ0v) is 14.5. The van der Waals surface area contributed by atoms with Crippen molar-refractivity contribution in [3.05, 3.63) is 62.0 Å². The van der Waals surface area contributed by atoms with Crippen LogP contribution in [0.3, 0.4) is 0 Å². The van der Waals surface area contributed by atoms with Crippen molar-refractivity contribution in [2.24, 2.45) is 0 Å². The van der Waals surface area contributed by atoms with E-state index < -0.39 is 6.10 Å². The van der Waals surface area contributed by atoms with Crippen LogP contribution in [0.2, 0.25) is 0 Å². The van der Waals surface area contributed by atoms with Gasteiger partial charge >= 0.3 is 0 Å². The fraction of sp³-hybridized carbons (Fsp3) is 0.250. The predicted molar refractivity (Wildman–Crippen MR) is 88.2 cm³/mol. The van der Waals surface area contributed by atoms with Gasteiger partial charge in [0.2, 0.25) is 0 Å². The van der Waals surface area contributed by atoms with Gasteiger partial charge in [0.1, 0.15) is 5.75 Å². The number of hydrogen-bond acceptors (Lipinski definition) is 2. The lowest BCUT2D eigenvalue weighted by molar-refractivity contribution is 0.176. The maximum absolute atomic E-state index is 10.5. The molecule has 0 aliphatic heterocycles. The van der Waals surface area contributed by atoms with Gasteiger partial charge in [0.15, 0.2) is 0 Å². The van der Waals surface area contributed by atoms with Crippen LogP contribution < -0.4 is 4.74 Å². The van der Waals surface area contributed by atoms with Crippen molar-refractivity contribution in [3.8, 4) is 5.75 Å². The average Bonchev–Trinajstić information content (AvgIpc) is 2.41. The lowest BCUT2D eigenvalue weighted by Crippen LogP contribution is -2.04. The second-order valence-electron chi connectivity index (χ2n) is 4.70. The van der Waals surface area contributed by atoms with Gasteiger partial charge in [-0.3, -0.25) is 0 Å². The van der Waals surface area contributed by atoms with E-state index in [4.69, 9.17) is 4.74 Å². The second kappa shape index (κ2) is 6.74. The van der Waals surface area contributed by atoms with Crippen molar-refractivity contribution in [1.82, 2.24) is 0 Å². The fourth-order valence-electron chi connectivity index (χ4n) is 2.14. The molecule has 1 atom stereocenters. The van der Waals surface area contributed by atoms with Gasteiger partial charge in [0, 0.05) is 15.4 Å². The Morgan fingerprint density at radius 1 is 1.15 bits per heavy atom.